The summed E-state index contributed by atoms with van der Waals surface area (Å²) in [4.78, 5) is 28.4. The average Bonchev–Trinajstić information content (AvgIpc) is 2.64. The van der Waals surface area contributed by atoms with Gasteiger partial charge in [-0.1, -0.05) is 30.4 Å². The number of anilines is 1. The molecule has 2 aliphatic rings. The van der Waals surface area contributed by atoms with Crippen molar-refractivity contribution < 1.29 is 14.8 Å². The smallest absolute Gasteiger partial charge is 0.319 e. The van der Waals surface area contributed by atoms with Crippen LogP contribution in [-0.2, 0) is 4.79 Å². The largest absolute Gasteiger partial charge is 0.322 e. The average molecular weight is 356 g/mol. The van der Waals surface area contributed by atoms with E-state index in [4.69, 9.17) is 5.21 Å². The molecule has 1 aliphatic heterocycles. The van der Waals surface area contributed by atoms with Gasteiger partial charge >= 0.3 is 6.03 Å². The van der Waals surface area contributed by atoms with Gasteiger partial charge in [0, 0.05) is 31.9 Å². The summed E-state index contributed by atoms with van der Waals surface area (Å²) in [6.45, 7) is 2.63. The fourth-order valence-electron chi connectivity index (χ4n) is 3.28. The molecule has 1 aromatic rings. The van der Waals surface area contributed by atoms with E-state index in [2.05, 4.69) is 10.2 Å². The highest BCUT2D eigenvalue weighted by atomic mass is 16.5. The number of nitrogens with one attached hydrogen (secondary N) is 2. The number of amides is 3. The van der Waals surface area contributed by atoms with E-state index in [1.807, 2.05) is 49.5 Å². The van der Waals surface area contributed by atoms with Gasteiger partial charge in [-0.3, -0.25) is 10.0 Å². The first-order valence-corrected chi connectivity index (χ1v) is 8.69. The first-order chi connectivity index (χ1) is 12.6. The molecule has 0 radical (unpaired) electrons. The van der Waals surface area contributed by atoms with Crippen molar-refractivity contribution in [1.82, 2.24) is 15.3 Å². The lowest BCUT2D eigenvalue weighted by Gasteiger charge is -2.33. The summed E-state index contributed by atoms with van der Waals surface area (Å²) in [5.41, 5.74) is 4.65. The zero-order chi connectivity index (χ0) is 18.5. The van der Waals surface area contributed by atoms with Crippen LogP contribution in [0.3, 0.4) is 0 Å². The summed E-state index contributed by atoms with van der Waals surface area (Å²) in [5, 5.41) is 11.8. The van der Waals surface area contributed by atoms with Crippen LogP contribution in [0.1, 0.15) is 6.42 Å². The highest BCUT2D eigenvalue weighted by Crippen LogP contribution is 2.26. The molecule has 7 nitrogen and oxygen atoms in total. The van der Waals surface area contributed by atoms with Crippen molar-refractivity contribution in [1.29, 1.82) is 0 Å². The number of benzene rings is 1. The van der Waals surface area contributed by atoms with Crippen molar-refractivity contribution in [3.63, 3.8) is 0 Å². The van der Waals surface area contributed by atoms with Crippen LogP contribution in [0.5, 0.6) is 0 Å². The Balaban J connectivity index is 1.77. The molecule has 1 atom stereocenters. The molecular weight excluding hydrogens is 332 g/mol. The highest BCUT2D eigenvalue weighted by Gasteiger charge is 2.27. The second-order valence-electron chi connectivity index (χ2n) is 6.73. The normalized spacial score (nSPS) is 20.8. The molecule has 0 saturated heterocycles. The van der Waals surface area contributed by atoms with E-state index < -0.39 is 11.8 Å². The molecule has 3 amide bonds. The minimum absolute atomic E-state index is 0.156. The number of rotatable bonds is 2. The molecular formula is C19H24N4O3. The second-order valence-corrected chi connectivity index (χ2v) is 6.73. The fourth-order valence-corrected chi connectivity index (χ4v) is 3.28. The van der Waals surface area contributed by atoms with E-state index in [1.165, 1.54) is 0 Å². The molecule has 1 heterocycles. The van der Waals surface area contributed by atoms with Gasteiger partial charge in [0.2, 0.25) is 0 Å². The molecule has 0 aromatic heterocycles. The summed E-state index contributed by atoms with van der Waals surface area (Å²) >= 11 is 0. The van der Waals surface area contributed by atoms with Crippen LogP contribution in [0.4, 0.5) is 10.5 Å². The highest BCUT2D eigenvalue weighted by molar-refractivity contribution is 5.89. The minimum atomic E-state index is -0.427. The van der Waals surface area contributed by atoms with E-state index in [9.17, 15) is 9.59 Å². The van der Waals surface area contributed by atoms with Gasteiger partial charge in [0.25, 0.3) is 5.91 Å². The number of carbonyl (C=O) groups is 2. The molecule has 1 aromatic carbocycles. The molecule has 0 fully saturated rings. The van der Waals surface area contributed by atoms with Crippen LogP contribution in [0.15, 0.2) is 53.6 Å². The predicted molar refractivity (Wildman–Crippen MR) is 98.7 cm³/mol. The lowest BCUT2D eigenvalue weighted by atomic mass is 9.88. The van der Waals surface area contributed by atoms with E-state index in [1.54, 1.807) is 10.4 Å². The topological polar surface area (TPSA) is 84.9 Å². The van der Waals surface area contributed by atoms with Crippen molar-refractivity contribution in [3.8, 4) is 0 Å². The fraction of sp³-hybridized carbons (Fsp3) is 0.368. The van der Waals surface area contributed by atoms with Gasteiger partial charge in [0.15, 0.2) is 0 Å². The molecule has 0 saturated carbocycles. The zero-order valence-electron chi connectivity index (χ0n) is 14.8. The molecule has 1 aliphatic carbocycles. The Bertz CT molecular complexity index is 730. The van der Waals surface area contributed by atoms with Crippen LogP contribution >= 0.6 is 0 Å². The lowest BCUT2D eigenvalue weighted by Crippen LogP contribution is -2.44. The van der Waals surface area contributed by atoms with Gasteiger partial charge < -0.3 is 15.1 Å². The van der Waals surface area contributed by atoms with Gasteiger partial charge in [-0.05, 0) is 36.7 Å². The van der Waals surface area contributed by atoms with Crippen LogP contribution in [-0.4, -0.2) is 60.2 Å². The van der Waals surface area contributed by atoms with E-state index in [0.717, 1.165) is 29.9 Å². The molecule has 3 rings (SSSR count). The predicted octanol–water partition coefficient (Wildman–Crippen LogP) is 1.84. The summed E-state index contributed by atoms with van der Waals surface area (Å²) in [6.07, 6.45) is 4.25. The number of para-hydroxylation sites is 1. The zero-order valence-corrected chi connectivity index (χ0v) is 14.8. The Kier molecular flexibility index (Phi) is 5.70. The first kappa shape index (κ1) is 18.2. The van der Waals surface area contributed by atoms with Gasteiger partial charge in [-0.2, -0.15) is 0 Å². The maximum atomic E-state index is 12.7. The number of likely N-dealkylation sites (N-methyl/N-ethyl adjacent to an activating group) is 1. The van der Waals surface area contributed by atoms with Crippen molar-refractivity contribution in [2.75, 3.05) is 38.5 Å². The number of nitrogens with zero attached hydrogens (tertiary/aromatic N) is 2. The second kappa shape index (κ2) is 8.16. The maximum Gasteiger partial charge on any atom is 0.322 e. The Morgan fingerprint density at radius 3 is 2.65 bits per heavy atom. The Hall–Kier alpha value is -2.64. The molecule has 138 valence electrons. The van der Waals surface area contributed by atoms with E-state index in [0.29, 0.717) is 19.5 Å². The number of hydrogen-bond donors (Lipinski definition) is 3. The van der Waals surface area contributed by atoms with Crippen LogP contribution in [0, 0.1) is 5.92 Å². The van der Waals surface area contributed by atoms with Crippen molar-refractivity contribution in [3.05, 3.63) is 53.6 Å². The number of hydroxylamine groups is 1. The van der Waals surface area contributed by atoms with Crippen molar-refractivity contribution >= 4 is 17.6 Å². The molecule has 26 heavy (non-hydrogen) atoms. The maximum absolute atomic E-state index is 12.7. The summed E-state index contributed by atoms with van der Waals surface area (Å²) in [7, 11) is 2.02. The summed E-state index contributed by atoms with van der Waals surface area (Å²) in [5.74, 6) is -0.842. The van der Waals surface area contributed by atoms with E-state index in [-0.39, 0.29) is 6.03 Å². The van der Waals surface area contributed by atoms with Gasteiger partial charge in [-0.25, -0.2) is 10.3 Å². The molecule has 7 heteroatoms. The Morgan fingerprint density at radius 1 is 1.15 bits per heavy atom. The first-order valence-electron chi connectivity index (χ1n) is 8.69. The van der Waals surface area contributed by atoms with Gasteiger partial charge in [0.05, 0.1) is 5.92 Å². The Labute approximate surface area is 152 Å². The molecule has 1 unspecified atom stereocenters. The third-order valence-electron chi connectivity index (χ3n) is 4.78. The van der Waals surface area contributed by atoms with Crippen LogP contribution in [0.25, 0.3) is 0 Å². The summed E-state index contributed by atoms with van der Waals surface area (Å²) in [6, 6.07) is 9.20. The third-order valence-corrected chi connectivity index (χ3v) is 4.78. The minimum Gasteiger partial charge on any atom is -0.319 e. The van der Waals surface area contributed by atoms with Crippen molar-refractivity contribution in [2.45, 2.75) is 6.42 Å². The van der Waals surface area contributed by atoms with Crippen LogP contribution in [0.2, 0.25) is 0 Å². The monoisotopic (exact) mass is 356 g/mol. The number of urea groups is 1. The molecule has 0 bridgehead atoms. The van der Waals surface area contributed by atoms with Gasteiger partial charge in [-0.15, -0.1) is 0 Å². The van der Waals surface area contributed by atoms with Gasteiger partial charge in [0.1, 0.15) is 0 Å². The quantitative estimate of drug-likeness (QED) is 0.558. The molecule has 0 spiro atoms. The van der Waals surface area contributed by atoms with Crippen molar-refractivity contribution in [2.24, 2.45) is 5.92 Å². The lowest BCUT2D eigenvalue weighted by molar-refractivity contribution is -0.131. The summed E-state index contributed by atoms with van der Waals surface area (Å²) < 4.78 is 0. The standard InChI is InChI=1S/C19H24N4O3/c1-22-9-10-23(19(25)20-17-5-3-2-4-6-17)13-16-11-14(18(24)21-26)7-8-15(16)12-22/h2-8,14,26H,9-13H2,1H3,(H,20,25)(H,21,24). The Morgan fingerprint density at radius 2 is 1.92 bits per heavy atom. The van der Waals surface area contributed by atoms with E-state index >= 15 is 0 Å². The number of hydrogen-bond acceptors (Lipinski definition) is 4. The SMILES string of the molecule is CN1CCN(C(=O)Nc2ccccc2)CC2=C(C=CC(C(=O)NO)C2)C1. The third kappa shape index (κ3) is 4.30. The van der Waals surface area contributed by atoms with Crippen LogP contribution < -0.4 is 10.8 Å². The number of carbonyl (C=O) groups excluding carboxylic acids is 2. The molecule has 3 N–H and O–H groups in total.